The maximum Gasteiger partial charge on any atom is 0.336 e. The molecule has 0 heterocycles. The van der Waals surface area contributed by atoms with Crippen LogP contribution in [0, 0.1) is 0 Å². The van der Waals surface area contributed by atoms with Gasteiger partial charge in [0.25, 0.3) is 0 Å². The lowest BCUT2D eigenvalue weighted by Gasteiger charge is -2.11. The maximum atomic E-state index is 12.7. The second kappa shape index (κ2) is 6.66. The molecule has 0 aromatic heterocycles. The summed E-state index contributed by atoms with van der Waals surface area (Å²) in [6.07, 6.45) is 1.27. The molecule has 0 aliphatic heterocycles. The number of hydrogen-bond acceptors (Lipinski definition) is 5. The average Bonchev–Trinajstić information content (AvgIpc) is 2.47. The van der Waals surface area contributed by atoms with Crippen LogP contribution in [0.25, 0.3) is 0 Å². The van der Waals surface area contributed by atoms with E-state index in [0.29, 0.717) is 0 Å². The van der Waals surface area contributed by atoms with Crippen molar-refractivity contribution < 1.29 is 23.1 Å². The van der Waals surface area contributed by atoms with E-state index in [9.17, 15) is 18.3 Å². The van der Waals surface area contributed by atoms with Crippen LogP contribution in [-0.2, 0) is 14.6 Å². The van der Waals surface area contributed by atoms with Crippen molar-refractivity contribution in [2.45, 2.75) is 23.6 Å². The molecule has 0 amide bonds. The number of phenolic OH excluding ortho intramolecular Hbond substituents is 1. The van der Waals surface area contributed by atoms with E-state index in [-0.39, 0.29) is 21.3 Å². The van der Waals surface area contributed by atoms with Crippen LogP contribution >= 0.6 is 0 Å². The van der Waals surface area contributed by atoms with Gasteiger partial charge in [0.15, 0.2) is 0 Å². The van der Waals surface area contributed by atoms with E-state index in [2.05, 4.69) is 0 Å². The van der Waals surface area contributed by atoms with Crippen LogP contribution in [0.3, 0.4) is 0 Å². The van der Waals surface area contributed by atoms with Gasteiger partial charge in [-0.15, -0.1) is 0 Å². The van der Waals surface area contributed by atoms with Crippen molar-refractivity contribution in [1.82, 2.24) is 0 Å². The Labute approximate surface area is 134 Å². The van der Waals surface area contributed by atoms with Crippen molar-refractivity contribution >= 4 is 15.8 Å². The number of benzene rings is 2. The van der Waals surface area contributed by atoms with Gasteiger partial charge in [0.2, 0.25) is 9.84 Å². The van der Waals surface area contributed by atoms with E-state index < -0.39 is 15.8 Å². The molecular weight excluding hydrogens is 316 g/mol. The summed E-state index contributed by atoms with van der Waals surface area (Å²) in [7, 11) is -4.02. The van der Waals surface area contributed by atoms with E-state index in [4.69, 9.17) is 4.74 Å². The zero-order valence-corrected chi connectivity index (χ0v) is 13.5. The van der Waals surface area contributed by atoms with Gasteiger partial charge >= 0.3 is 5.97 Å². The Kier molecular flexibility index (Phi) is 4.86. The van der Waals surface area contributed by atoms with Gasteiger partial charge in [-0.3, -0.25) is 0 Å². The van der Waals surface area contributed by atoms with Crippen molar-refractivity contribution in [1.29, 1.82) is 0 Å². The maximum absolute atomic E-state index is 12.7. The minimum atomic E-state index is -4.02. The smallest absolute Gasteiger partial charge is 0.336 e. The van der Waals surface area contributed by atoms with Gasteiger partial charge < -0.3 is 9.84 Å². The average molecular weight is 332 g/mol. The Hall–Kier alpha value is -2.60. The number of aromatic hydroxyl groups is 1. The highest BCUT2D eigenvalue weighted by molar-refractivity contribution is 7.91. The molecule has 0 fully saturated rings. The number of carbonyl (C=O) groups excluding carboxylic acids is 1. The standard InChI is InChI=1S/C17H16O5S/c1-12(2)11-17(19)22-14-8-4-6-10-16(14)23(20,21)15-9-5-3-7-13(15)18/h3-11,18H,1-2H3. The molecular formula is C17H16O5S. The second-order valence-electron chi connectivity index (χ2n) is 5.06. The third kappa shape index (κ3) is 3.78. The van der Waals surface area contributed by atoms with Gasteiger partial charge in [-0.05, 0) is 38.1 Å². The Morgan fingerprint density at radius 1 is 1.00 bits per heavy atom. The number of rotatable bonds is 4. The molecule has 5 nitrogen and oxygen atoms in total. The lowest BCUT2D eigenvalue weighted by molar-refractivity contribution is -0.129. The van der Waals surface area contributed by atoms with Crippen LogP contribution in [-0.4, -0.2) is 19.5 Å². The molecule has 2 rings (SSSR count). The van der Waals surface area contributed by atoms with Gasteiger partial charge in [-0.25, -0.2) is 13.2 Å². The summed E-state index contributed by atoms with van der Waals surface area (Å²) in [6.45, 7) is 3.46. The van der Waals surface area contributed by atoms with Crippen LogP contribution in [0.2, 0.25) is 0 Å². The number of carbonyl (C=O) groups is 1. The highest BCUT2D eigenvalue weighted by Gasteiger charge is 2.25. The van der Waals surface area contributed by atoms with Crippen molar-refractivity contribution in [3.05, 3.63) is 60.2 Å². The zero-order chi connectivity index (χ0) is 17.0. The third-order valence-electron chi connectivity index (χ3n) is 2.91. The first-order valence-electron chi connectivity index (χ1n) is 6.81. The number of esters is 1. The molecule has 23 heavy (non-hydrogen) atoms. The van der Waals surface area contributed by atoms with Crippen molar-refractivity contribution in [3.8, 4) is 11.5 Å². The molecule has 0 unspecified atom stereocenters. The van der Waals surface area contributed by atoms with Crippen molar-refractivity contribution in [3.63, 3.8) is 0 Å². The second-order valence-corrected chi connectivity index (χ2v) is 6.95. The minimum absolute atomic E-state index is 0.0850. The lowest BCUT2D eigenvalue weighted by atomic mass is 10.3. The number of para-hydroxylation sites is 2. The van der Waals surface area contributed by atoms with Gasteiger partial charge in [-0.2, -0.15) is 0 Å². The number of phenols is 1. The van der Waals surface area contributed by atoms with Crippen LogP contribution in [0.1, 0.15) is 13.8 Å². The summed E-state index contributed by atoms with van der Waals surface area (Å²) in [5, 5.41) is 9.80. The molecule has 0 radical (unpaired) electrons. The zero-order valence-electron chi connectivity index (χ0n) is 12.7. The summed E-state index contributed by atoms with van der Waals surface area (Å²) >= 11 is 0. The Balaban J connectivity index is 2.51. The number of sulfone groups is 1. The minimum Gasteiger partial charge on any atom is -0.507 e. The largest absolute Gasteiger partial charge is 0.507 e. The topological polar surface area (TPSA) is 80.7 Å². The summed E-state index contributed by atoms with van der Waals surface area (Å²) < 4.78 is 30.6. The quantitative estimate of drug-likeness (QED) is 0.528. The monoisotopic (exact) mass is 332 g/mol. The van der Waals surface area contributed by atoms with Crippen LogP contribution in [0.4, 0.5) is 0 Å². The molecule has 0 aliphatic rings. The van der Waals surface area contributed by atoms with E-state index in [1.165, 1.54) is 48.5 Å². The SMILES string of the molecule is CC(C)=CC(=O)Oc1ccccc1S(=O)(=O)c1ccccc1O. The number of hydrogen-bond donors (Lipinski definition) is 1. The predicted molar refractivity (Wildman–Crippen MR) is 85.1 cm³/mol. The van der Waals surface area contributed by atoms with Gasteiger partial charge in [0.1, 0.15) is 21.3 Å². The van der Waals surface area contributed by atoms with Gasteiger partial charge in [-0.1, -0.05) is 29.8 Å². The van der Waals surface area contributed by atoms with Gasteiger partial charge in [0, 0.05) is 6.08 Å². The van der Waals surface area contributed by atoms with E-state index in [0.717, 1.165) is 5.57 Å². The lowest BCUT2D eigenvalue weighted by Crippen LogP contribution is -2.10. The first kappa shape index (κ1) is 16.8. The molecule has 2 aromatic rings. The number of ether oxygens (including phenoxy) is 1. The predicted octanol–water partition coefficient (Wildman–Crippen LogP) is 3.10. The Morgan fingerprint density at radius 3 is 2.17 bits per heavy atom. The van der Waals surface area contributed by atoms with Gasteiger partial charge in [0.05, 0.1) is 0 Å². The highest BCUT2D eigenvalue weighted by atomic mass is 32.2. The number of allylic oxidation sites excluding steroid dienone is 1. The normalized spacial score (nSPS) is 10.9. The molecule has 120 valence electrons. The van der Waals surface area contributed by atoms with Crippen molar-refractivity contribution in [2.75, 3.05) is 0 Å². The molecule has 0 saturated heterocycles. The summed E-state index contributed by atoms with van der Waals surface area (Å²) in [5.74, 6) is -1.11. The molecule has 1 N–H and O–H groups in total. The molecule has 0 bridgehead atoms. The highest BCUT2D eigenvalue weighted by Crippen LogP contribution is 2.33. The third-order valence-corrected chi connectivity index (χ3v) is 4.75. The fraction of sp³-hybridized carbons (Fsp3) is 0.118. The van der Waals surface area contributed by atoms with Crippen LogP contribution in [0.5, 0.6) is 11.5 Å². The van der Waals surface area contributed by atoms with Crippen LogP contribution in [0.15, 0.2) is 70.0 Å². The Bertz CT molecular complexity index is 862. The van der Waals surface area contributed by atoms with E-state index in [1.807, 2.05) is 0 Å². The first-order valence-corrected chi connectivity index (χ1v) is 8.29. The molecule has 2 aromatic carbocycles. The fourth-order valence-corrected chi connectivity index (χ4v) is 3.40. The molecule has 6 heteroatoms. The van der Waals surface area contributed by atoms with E-state index >= 15 is 0 Å². The molecule has 0 aliphatic carbocycles. The summed E-state index contributed by atoms with van der Waals surface area (Å²) in [5.41, 5.74) is 0.732. The summed E-state index contributed by atoms with van der Waals surface area (Å²) in [4.78, 5) is 11.3. The Morgan fingerprint density at radius 2 is 1.57 bits per heavy atom. The fourth-order valence-electron chi connectivity index (χ4n) is 1.93. The molecule has 0 spiro atoms. The van der Waals surface area contributed by atoms with E-state index in [1.54, 1.807) is 19.9 Å². The first-order chi connectivity index (χ1) is 10.8. The molecule has 0 atom stereocenters. The summed E-state index contributed by atoms with van der Waals surface area (Å²) in [6, 6.07) is 11.4. The van der Waals surface area contributed by atoms with Crippen LogP contribution < -0.4 is 4.74 Å². The van der Waals surface area contributed by atoms with Crippen molar-refractivity contribution in [2.24, 2.45) is 0 Å². The molecule has 0 saturated carbocycles.